The van der Waals surface area contributed by atoms with Crippen molar-refractivity contribution in [1.29, 1.82) is 0 Å². The van der Waals surface area contributed by atoms with Gasteiger partial charge in [-0.3, -0.25) is 4.98 Å². The summed E-state index contributed by atoms with van der Waals surface area (Å²) in [4.78, 5) is 5.13. The average Bonchev–Trinajstić information content (AvgIpc) is 2.68. The summed E-state index contributed by atoms with van der Waals surface area (Å²) in [5, 5.41) is 4.40. The summed E-state index contributed by atoms with van der Waals surface area (Å²) < 4.78 is 0.867. The summed E-state index contributed by atoms with van der Waals surface area (Å²) >= 11 is 17.1. The maximum Gasteiger partial charge on any atom is 0.0794 e. The molecule has 2 aromatic rings. The number of hydrogen-bond donors (Lipinski definition) is 1. The molecule has 0 saturated carbocycles. The molecule has 0 radical (unpaired) electrons. The van der Waals surface area contributed by atoms with Gasteiger partial charge < -0.3 is 5.32 Å². The van der Waals surface area contributed by atoms with E-state index in [1.54, 1.807) is 16.8 Å². The second kappa shape index (κ2) is 5.36. The topological polar surface area (TPSA) is 24.9 Å². The van der Waals surface area contributed by atoms with Crippen LogP contribution < -0.4 is 5.32 Å². The first-order valence-corrected chi connectivity index (χ1v) is 6.85. The molecule has 1 aromatic heterocycles. The smallest absolute Gasteiger partial charge is 0.0794 e. The number of nitrogens with one attached hydrogen (secondary N) is 1. The van der Waals surface area contributed by atoms with Crippen LogP contribution in [-0.2, 0) is 6.54 Å². The normalized spacial score (nSPS) is 10.4. The fraction of sp³-hybridized carbons (Fsp3) is 0.100. The van der Waals surface area contributed by atoms with Gasteiger partial charge in [0.05, 0.1) is 27.8 Å². The van der Waals surface area contributed by atoms with Crippen LogP contribution in [0.15, 0.2) is 28.3 Å². The second-order valence-electron chi connectivity index (χ2n) is 3.07. The zero-order valence-electron chi connectivity index (χ0n) is 8.01. The molecule has 0 fully saturated rings. The van der Waals surface area contributed by atoms with E-state index in [0.717, 1.165) is 15.0 Å². The highest BCUT2D eigenvalue weighted by atomic mass is 79.9. The molecule has 2 rings (SSSR count). The summed E-state index contributed by atoms with van der Waals surface area (Å²) in [5.74, 6) is 0. The molecule has 0 amide bonds. The number of thiazole rings is 1. The molecule has 6 heteroatoms. The molecule has 0 aliphatic rings. The first-order chi connectivity index (χ1) is 7.66. The van der Waals surface area contributed by atoms with Crippen LogP contribution in [-0.4, -0.2) is 4.98 Å². The van der Waals surface area contributed by atoms with E-state index in [2.05, 4.69) is 26.2 Å². The standard InChI is InChI=1S/C10H7BrCl2N2S/c11-6-1-8(12)10(9(13)2-6)15-4-7-3-14-5-16-7/h1-3,5,15H,4H2. The molecular formula is C10H7BrCl2N2S. The number of hydrogen-bond acceptors (Lipinski definition) is 3. The van der Waals surface area contributed by atoms with Crippen LogP contribution in [0.4, 0.5) is 5.69 Å². The SMILES string of the molecule is Clc1cc(Br)cc(Cl)c1NCc1cncs1. The Bertz CT molecular complexity index is 465. The Hall–Kier alpha value is -0.290. The fourth-order valence-corrected chi connectivity index (χ4v) is 3.09. The molecule has 0 unspecified atom stereocenters. The highest BCUT2D eigenvalue weighted by Gasteiger charge is 2.07. The van der Waals surface area contributed by atoms with Gasteiger partial charge in [0.15, 0.2) is 0 Å². The number of benzene rings is 1. The molecule has 16 heavy (non-hydrogen) atoms. The maximum atomic E-state index is 6.09. The summed E-state index contributed by atoms with van der Waals surface area (Å²) in [6.45, 7) is 0.672. The molecule has 0 aliphatic heterocycles. The van der Waals surface area contributed by atoms with E-state index in [4.69, 9.17) is 23.2 Å². The van der Waals surface area contributed by atoms with Crippen LogP contribution in [0.5, 0.6) is 0 Å². The third-order valence-corrected chi connectivity index (χ3v) is 3.76. The Balaban J connectivity index is 2.15. The van der Waals surface area contributed by atoms with Crippen molar-refractivity contribution in [2.75, 3.05) is 5.32 Å². The number of halogens is 3. The van der Waals surface area contributed by atoms with E-state index >= 15 is 0 Å². The van der Waals surface area contributed by atoms with Crippen LogP contribution in [0, 0.1) is 0 Å². The number of anilines is 1. The van der Waals surface area contributed by atoms with Gasteiger partial charge >= 0.3 is 0 Å². The Kier molecular flexibility index (Phi) is 4.08. The number of rotatable bonds is 3. The van der Waals surface area contributed by atoms with Crippen molar-refractivity contribution in [2.45, 2.75) is 6.54 Å². The third kappa shape index (κ3) is 2.88. The zero-order chi connectivity index (χ0) is 11.5. The highest BCUT2D eigenvalue weighted by molar-refractivity contribution is 9.10. The summed E-state index contributed by atoms with van der Waals surface area (Å²) in [6.07, 6.45) is 1.82. The second-order valence-corrected chi connectivity index (χ2v) is 5.77. The molecule has 1 N–H and O–H groups in total. The van der Waals surface area contributed by atoms with Crippen LogP contribution in [0.2, 0.25) is 10.0 Å². The van der Waals surface area contributed by atoms with Crippen molar-refractivity contribution >= 4 is 56.2 Å². The van der Waals surface area contributed by atoms with E-state index in [-0.39, 0.29) is 0 Å². The minimum atomic E-state index is 0.601. The minimum absolute atomic E-state index is 0.601. The van der Waals surface area contributed by atoms with Crippen molar-refractivity contribution in [2.24, 2.45) is 0 Å². The van der Waals surface area contributed by atoms with Gasteiger partial charge in [0, 0.05) is 15.5 Å². The van der Waals surface area contributed by atoms with Gasteiger partial charge in [-0.2, -0.15) is 0 Å². The van der Waals surface area contributed by atoms with Gasteiger partial charge in [-0.15, -0.1) is 11.3 Å². The first kappa shape index (κ1) is 12.2. The lowest BCUT2D eigenvalue weighted by molar-refractivity contribution is 1.17. The minimum Gasteiger partial charge on any atom is -0.378 e. The molecule has 0 atom stereocenters. The quantitative estimate of drug-likeness (QED) is 0.868. The molecule has 0 saturated heterocycles. The average molecular weight is 338 g/mol. The van der Waals surface area contributed by atoms with E-state index in [1.165, 1.54) is 0 Å². The predicted molar refractivity (Wildman–Crippen MR) is 73.6 cm³/mol. The molecule has 0 spiro atoms. The van der Waals surface area contributed by atoms with Crippen molar-refractivity contribution in [3.63, 3.8) is 0 Å². The predicted octanol–water partition coefficient (Wildman–Crippen LogP) is 4.82. The molecular weight excluding hydrogens is 331 g/mol. The Labute approximate surface area is 116 Å². The lowest BCUT2D eigenvalue weighted by Crippen LogP contribution is -1.98. The molecule has 0 bridgehead atoms. The van der Waals surface area contributed by atoms with Gasteiger partial charge in [0.2, 0.25) is 0 Å². The summed E-state index contributed by atoms with van der Waals surface area (Å²) in [6, 6.07) is 3.62. The summed E-state index contributed by atoms with van der Waals surface area (Å²) in [7, 11) is 0. The maximum absolute atomic E-state index is 6.09. The highest BCUT2D eigenvalue weighted by Crippen LogP contribution is 2.34. The molecule has 2 nitrogen and oxygen atoms in total. The molecule has 1 heterocycles. The van der Waals surface area contributed by atoms with Crippen LogP contribution in [0.1, 0.15) is 4.88 Å². The van der Waals surface area contributed by atoms with Gasteiger partial charge in [-0.25, -0.2) is 0 Å². The fourth-order valence-electron chi connectivity index (χ4n) is 1.22. The first-order valence-electron chi connectivity index (χ1n) is 4.42. The molecule has 84 valence electrons. The molecule has 0 aliphatic carbocycles. The van der Waals surface area contributed by atoms with Crippen molar-refractivity contribution in [1.82, 2.24) is 4.98 Å². The monoisotopic (exact) mass is 336 g/mol. The van der Waals surface area contributed by atoms with Crippen LogP contribution >= 0.6 is 50.5 Å². The van der Waals surface area contributed by atoms with Crippen LogP contribution in [0.3, 0.4) is 0 Å². The number of aromatic nitrogens is 1. The summed E-state index contributed by atoms with van der Waals surface area (Å²) in [5.41, 5.74) is 2.54. The third-order valence-electron chi connectivity index (χ3n) is 1.93. The lowest BCUT2D eigenvalue weighted by atomic mass is 10.3. The largest absolute Gasteiger partial charge is 0.378 e. The Morgan fingerprint density at radius 1 is 1.31 bits per heavy atom. The van der Waals surface area contributed by atoms with Crippen molar-refractivity contribution in [3.05, 3.63) is 43.2 Å². The van der Waals surface area contributed by atoms with Crippen LogP contribution in [0.25, 0.3) is 0 Å². The van der Waals surface area contributed by atoms with Crippen molar-refractivity contribution < 1.29 is 0 Å². The van der Waals surface area contributed by atoms with E-state index < -0.39 is 0 Å². The lowest BCUT2D eigenvalue weighted by Gasteiger charge is -2.09. The van der Waals surface area contributed by atoms with Gasteiger partial charge in [-0.1, -0.05) is 39.1 Å². The van der Waals surface area contributed by atoms with Gasteiger partial charge in [0.25, 0.3) is 0 Å². The van der Waals surface area contributed by atoms with Crippen molar-refractivity contribution in [3.8, 4) is 0 Å². The van der Waals surface area contributed by atoms with Gasteiger partial charge in [-0.05, 0) is 12.1 Å². The van der Waals surface area contributed by atoms with E-state index in [0.29, 0.717) is 16.6 Å². The molecule has 1 aromatic carbocycles. The Morgan fingerprint density at radius 3 is 2.56 bits per heavy atom. The van der Waals surface area contributed by atoms with E-state index in [9.17, 15) is 0 Å². The Morgan fingerprint density at radius 2 is 2.00 bits per heavy atom. The van der Waals surface area contributed by atoms with E-state index in [1.807, 2.05) is 18.3 Å². The number of nitrogens with zero attached hydrogens (tertiary/aromatic N) is 1. The van der Waals surface area contributed by atoms with Gasteiger partial charge in [0.1, 0.15) is 0 Å². The zero-order valence-corrected chi connectivity index (χ0v) is 11.9.